The molecule has 0 aliphatic heterocycles. The summed E-state index contributed by atoms with van der Waals surface area (Å²) in [6.07, 6.45) is 5.77. The normalized spacial score (nSPS) is 26.2. The summed E-state index contributed by atoms with van der Waals surface area (Å²) < 4.78 is 1.99. The second kappa shape index (κ2) is 5.31. The topological polar surface area (TPSA) is 38.0 Å². The molecule has 0 unspecified atom stereocenters. The first kappa shape index (κ1) is 12.2. The molecule has 86 valence electrons. The lowest BCUT2D eigenvalue weighted by molar-refractivity contribution is 0.193. The van der Waals surface area contributed by atoms with E-state index < -0.39 is 6.10 Å². The van der Waals surface area contributed by atoms with Crippen LogP contribution in [0.2, 0.25) is 0 Å². The fourth-order valence-corrected chi connectivity index (χ4v) is 1.84. The van der Waals surface area contributed by atoms with E-state index >= 15 is 0 Å². The number of rotatable bonds is 2. The van der Waals surface area contributed by atoms with E-state index in [-0.39, 0.29) is 0 Å². The molecule has 15 heavy (non-hydrogen) atoms. The van der Waals surface area contributed by atoms with Crippen LogP contribution in [0.25, 0.3) is 0 Å². The zero-order valence-electron chi connectivity index (χ0n) is 10.1. The summed E-state index contributed by atoms with van der Waals surface area (Å²) in [5.41, 5.74) is 0.916. The van der Waals surface area contributed by atoms with Crippen LogP contribution < -0.4 is 0 Å². The van der Waals surface area contributed by atoms with Crippen LogP contribution >= 0.6 is 0 Å². The van der Waals surface area contributed by atoms with Crippen LogP contribution in [0.1, 0.15) is 58.2 Å². The molecule has 3 heteroatoms. The van der Waals surface area contributed by atoms with Gasteiger partial charge in [0.05, 0.1) is 18.3 Å². The van der Waals surface area contributed by atoms with Crippen LogP contribution in [-0.4, -0.2) is 14.9 Å². The van der Waals surface area contributed by atoms with Crippen molar-refractivity contribution in [1.82, 2.24) is 9.78 Å². The van der Waals surface area contributed by atoms with Gasteiger partial charge in [-0.2, -0.15) is 5.10 Å². The third-order valence-corrected chi connectivity index (χ3v) is 2.83. The van der Waals surface area contributed by atoms with E-state index in [9.17, 15) is 5.11 Å². The zero-order valence-corrected chi connectivity index (χ0v) is 10.1. The Balaban J connectivity index is 0.000000531. The molecule has 0 aromatic carbocycles. The maximum atomic E-state index is 9.31. The highest BCUT2D eigenvalue weighted by atomic mass is 16.3. The van der Waals surface area contributed by atoms with Crippen molar-refractivity contribution in [3.05, 3.63) is 18.0 Å². The van der Waals surface area contributed by atoms with Crippen molar-refractivity contribution in [2.75, 3.05) is 0 Å². The summed E-state index contributed by atoms with van der Waals surface area (Å²) in [7, 11) is 0. The van der Waals surface area contributed by atoms with Gasteiger partial charge in [-0.3, -0.25) is 4.68 Å². The lowest BCUT2D eigenvalue weighted by Gasteiger charge is -2.32. The fraction of sp³-hybridized carbons (Fsp3) is 0.750. The van der Waals surface area contributed by atoms with Gasteiger partial charge in [0.2, 0.25) is 0 Å². The van der Waals surface area contributed by atoms with E-state index in [2.05, 4.69) is 12.0 Å². The number of aliphatic hydroxyl groups excluding tert-OH is 1. The molecule has 0 radical (unpaired) electrons. The van der Waals surface area contributed by atoms with E-state index in [1.807, 2.05) is 24.7 Å². The van der Waals surface area contributed by atoms with E-state index in [1.54, 1.807) is 13.1 Å². The molecule has 0 spiro atoms. The SMILES string of the molecule is CC.CC1CC(n2cc([C@H](C)O)cn2)C1. The molecule has 1 heterocycles. The number of aromatic nitrogens is 2. The number of nitrogens with zero attached hydrogens (tertiary/aromatic N) is 2. The molecule has 1 aliphatic rings. The van der Waals surface area contributed by atoms with Gasteiger partial charge in [0.1, 0.15) is 0 Å². The van der Waals surface area contributed by atoms with Gasteiger partial charge in [-0.15, -0.1) is 0 Å². The minimum atomic E-state index is -0.397. The van der Waals surface area contributed by atoms with Crippen LogP contribution in [0.4, 0.5) is 0 Å². The quantitative estimate of drug-likeness (QED) is 0.815. The summed E-state index contributed by atoms with van der Waals surface area (Å²) in [5, 5.41) is 13.6. The number of aliphatic hydroxyl groups is 1. The molecule has 0 saturated heterocycles. The molecule has 3 nitrogen and oxygen atoms in total. The van der Waals surface area contributed by atoms with Gasteiger partial charge in [0.15, 0.2) is 0 Å². The molecular formula is C12H22N2O. The van der Waals surface area contributed by atoms with Crippen molar-refractivity contribution in [3.8, 4) is 0 Å². The molecule has 0 bridgehead atoms. The van der Waals surface area contributed by atoms with Crippen LogP contribution in [0, 0.1) is 5.92 Å². The van der Waals surface area contributed by atoms with E-state index in [1.165, 1.54) is 12.8 Å². The molecule has 1 aromatic heterocycles. The van der Waals surface area contributed by atoms with E-state index in [0.717, 1.165) is 11.5 Å². The molecule has 1 fully saturated rings. The molecule has 1 saturated carbocycles. The van der Waals surface area contributed by atoms with Crippen LogP contribution in [-0.2, 0) is 0 Å². The molecule has 0 amide bonds. The standard InChI is InChI=1S/C10H16N2O.C2H6/c1-7-3-10(4-7)12-6-9(5-11-12)8(2)13;1-2/h5-8,10,13H,3-4H2,1-2H3;1-2H3/t7?,8-,10?;/m0./s1. The van der Waals surface area contributed by atoms with Gasteiger partial charge in [0, 0.05) is 11.8 Å². The van der Waals surface area contributed by atoms with Crippen LogP contribution in [0.5, 0.6) is 0 Å². The van der Waals surface area contributed by atoms with Crippen molar-refractivity contribution < 1.29 is 5.11 Å². The van der Waals surface area contributed by atoms with Crippen molar-refractivity contribution in [3.63, 3.8) is 0 Å². The second-order valence-electron chi connectivity index (χ2n) is 4.16. The predicted molar refractivity (Wildman–Crippen MR) is 61.6 cm³/mol. The Labute approximate surface area is 92.1 Å². The zero-order chi connectivity index (χ0) is 11.4. The van der Waals surface area contributed by atoms with E-state index in [4.69, 9.17) is 0 Å². The van der Waals surface area contributed by atoms with Crippen molar-refractivity contribution in [2.24, 2.45) is 5.92 Å². The Kier molecular flexibility index (Phi) is 4.33. The first-order valence-corrected chi connectivity index (χ1v) is 5.89. The molecular weight excluding hydrogens is 188 g/mol. The maximum Gasteiger partial charge on any atom is 0.0792 e. The third kappa shape index (κ3) is 2.81. The highest BCUT2D eigenvalue weighted by Gasteiger charge is 2.27. The van der Waals surface area contributed by atoms with Gasteiger partial charge < -0.3 is 5.11 Å². The van der Waals surface area contributed by atoms with Crippen molar-refractivity contribution in [1.29, 1.82) is 0 Å². The van der Waals surface area contributed by atoms with Crippen molar-refractivity contribution >= 4 is 0 Å². The van der Waals surface area contributed by atoms with Gasteiger partial charge in [-0.05, 0) is 25.7 Å². The van der Waals surface area contributed by atoms with Gasteiger partial charge >= 0.3 is 0 Å². The van der Waals surface area contributed by atoms with E-state index in [0.29, 0.717) is 6.04 Å². The Hall–Kier alpha value is -0.830. The largest absolute Gasteiger partial charge is 0.389 e. The number of hydrogen-bond donors (Lipinski definition) is 1. The van der Waals surface area contributed by atoms with Crippen LogP contribution in [0.15, 0.2) is 12.4 Å². The molecule has 1 atom stereocenters. The first-order chi connectivity index (χ1) is 7.16. The summed E-state index contributed by atoms with van der Waals surface area (Å²) in [6.45, 7) is 8.03. The first-order valence-electron chi connectivity index (χ1n) is 5.89. The summed E-state index contributed by atoms with van der Waals surface area (Å²) >= 11 is 0. The second-order valence-corrected chi connectivity index (χ2v) is 4.16. The third-order valence-electron chi connectivity index (χ3n) is 2.83. The highest BCUT2D eigenvalue weighted by molar-refractivity contribution is 5.07. The average molecular weight is 210 g/mol. The molecule has 1 aromatic rings. The lowest BCUT2D eigenvalue weighted by atomic mass is 9.82. The number of hydrogen-bond acceptors (Lipinski definition) is 2. The smallest absolute Gasteiger partial charge is 0.0792 e. The van der Waals surface area contributed by atoms with Gasteiger partial charge in [-0.25, -0.2) is 0 Å². The summed E-state index contributed by atoms with van der Waals surface area (Å²) in [5.74, 6) is 0.837. The lowest BCUT2D eigenvalue weighted by Crippen LogP contribution is -2.24. The Morgan fingerprint density at radius 3 is 2.47 bits per heavy atom. The Bertz CT molecular complexity index is 288. The van der Waals surface area contributed by atoms with Gasteiger partial charge in [0.25, 0.3) is 0 Å². The maximum absolute atomic E-state index is 9.31. The molecule has 1 N–H and O–H groups in total. The van der Waals surface area contributed by atoms with Crippen molar-refractivity contribution in [2.45, 2.75) is 52.7 Å². The fourth-order valence-electron chi connectivity index (χ4n) is 1.84. The average Bonchev–Trinajstić information content (AvgIpc) is 2.65. The van der Waals surface area contributed by atoms with Gasteiger partial charge in [-0.1, -0.05) is 20.8 Å². The Morgan fingerprint density at radius 2 is 2.07 bits per heavy atom. The summed E-state index contributed by atoms with van der Waals surface area (Å²) in [4.78, 5) is 0. The minimum absolute atomic E-state index is 0.397. The summed E-state index contributed by atoms with van der Waals surface area (Å²) in [6, 6.07) is 0.572. The monoisotopic (exact) mass is 210 g/mol. The minimum Gasteiger partial charge on any atom is -0.389 e. The molecule has 2 rings (SSSR count). The predicted octanol–water partition coefficient (Wildman–Crippen LogP) is 2.93. The highest BCUT2D eigenvalue weighted by Crippen LogP contribution is 2.36. The van der Waals surface area contributed by atoms with Crippen LogP contribution in [0.3, 0.4) is 0 Å². The molecule has 1 aliphatic carbocycles. The Morgan fingerprint density at radius 1 is 1.47 bits per heavy atom.